The van der Waals surface area contributed by atoms with Gasteiger partial charge in [0.25, 0.3) is 0 Å². The van der Waals surface area contributed by atoms with Crippen molar-refractivity contribution in [2.45, 2.75) is 33.9 Å². The summed E-state index contributed by atoms with van der Waals surface area (Å²) in [4.78, 5) is 27.9. The molecule has 2 aromatic heterocycles. The summed E-state index contributed by atoms with van der Waals surface area (Å²) in [5, 5.41) is 0. The Balaban J connectivity index is 2.81. The topological polar surface area (TPSA) is 61.8 Å². The lowest BCUT2D eigenvalue weighted by atomic mass is 10.2. The third kappa shape index (κ3) is 2.45. The molecule has 7 heteroatoms. The smallest absolute Gasteiger partial charge is 0.319 e. The summed E-state index contributed by atoms with van der Waals surface area (Å²) in [6.45, 7) is 6.35. The Morgan fingerprint density at radius 1 is 1.45 bits per heavy atom. The molecule has 6 nitrogen and oxygen atoms in total. The summed E-state index contributed by atoms with van der Waals surface area (Å²) < 4.78 is 5.16. The van der Waals surface area contributed by atoms with Gasteiger partial charge in [-0.1, -0.05) is 26.1 Å². The Morgan fingerprint density at radius 3 is 2.65 bits per heavy atom. The van der Waals surface area contributed by atoms with Crippen LogP contribution in [0, 0.1) is 10.6 Å². The molecule has 0 radical (unpaired) electrons. The van der Waals surface area contributed by atoms with Gasteiger partial charge >= 0.3 is 5.69 Å². The molecule has 2 heterocycles. The molecule has 0 aromatic carbocycles. The lowest BCUT2D eigenvalue weighted by Crippen LogP contribution is -2.31. The number of nitrogens with zero attached hydrogens (tertiary/aromatic N) is 4. The third-order valence-corrected chi connectivity index (χ3v) is 3.51. The second-order valence-corrected chi connectivity index (χ2v) is 5.78. The van der Waals surface area contributed by atoms with Crippen LogP contribution in [0.5, 0.6) is 0 Å². The van der Waals surface area contributed by atoms with E-state index in [2.05, 4.69) is 4.98 Å². The fourth-order valence-corrected chi connectivity index (χ4v) is 2.48. The molecular weight excluding hydrogens is 276 g/mol. The minimum Gasteiger partial charge on any atom is -0.319 e. The molecule has 0 fully saturated rings. The van der Waals surface area contributed by atoms with Gasteiger partial charge in [0.05, 0.1) is 12.9 Å². The monoisotopic (exact) mass is 294 g/mol. The molecule has 0 aliphatic carbocycles. The zero-order valence-electron chi connectivity index (χ0n) is 12.1. The van der Waals surface area contributed by atoms with Crippen molar-refractivity contribution >= 4 is 29.2 Å². The lowest BCUT2D eigenvalue weighted by molar-refractivity contribution is -0.117. The van der Waals surface area contributed by atoms with Crippen LogP contribution in [-0.4, -0.2) is 24.5 Å². The van der Waals surface area contributed by atoms with E-state index in [1.807, 2.05) is 13.8 Å². The molecule has 0 aliphatic heterocycles. The molecule has 0 amide bonds. The zero-order valence-corrected chi connectivity index (χ0v) is 12.9. The van der Waals surface area contributed by atoms with E-state index in [1.165, 1.54) is 11.5 Å². The molecule has 0 atom stereocenters. The number of imidazole rings is 1. The van der Waals surface area contributed by atoms with Crippen molar-refractivity contribution in [3.63, 3.8) is 0 Å². The molecule has 0 bridgehead atoms. The number of carbonyl (C=O) groups excluding carboxylic acids is 1. The summed E-state index contributed by atoms with van der Waals surface area (Å²) in [6.07, 6.45) is 1.57. The van der Waals surface area contributed by atoms with Gasteiger partial charge in [-0.2, -0.15) is 0 Å². The van der Waals surface area contributed by atoms with Crippen LogP contribution in [0.1, 0.15) is 20.8 Å². The average molecular weight is 294 g/mol. The van der Waals surface area contributed by atoms with Crippen LogP contribution in [0.15, 0.2) is 11.1 Å². The fourth-order valence-electron chi connectivity index (χ4n) is 2.19. The van der Waals surface area contributed by atoms with Gasteiger partial charge < -0.3 is 4.57 Å². The quantitative estimate of drug-likeness (QED) is 0.802. The van der Waals surface area contributed by atoms with Crippen molar-refractivity contribution in [3.8, 4) is 0 Å². The van der Waals surface area contributed by atoms with E-state index in [9.17, 15) is 9.59 Å². The number of fused-ring (bicyclic) bond motifs is 1. The van der Waals surface area contributed by atoms with E-state index in [4.69, 9.17) is 12.2 Å². The summed E-state index contributed by atoms with van der Waals surface area (Å²) >= 11 is 5.33. The number of aromatic nitrogens is 4. The highest BCUT2D eigenvalue weighted by atomic mass is 32.1. The first-order valence-corrected chi connectivity index (χ1v) is 6.87. The molecular formula is C13H18N4O2S. The molecule has 20 heavy (non-hydrogen) atoms. The van der Waals surface area contributed by atoms with Gasteiger partial charge in [-0.25, -0.2) is 9.78 Å². The van der Waals surface area contributed by atoms with Gasteiger partial charge in [0, 0.05) is 13.6 Å². The van der Waals surface area contributed by atoms with Gasteiger partial charge in [0.2, 0.25) is 0 Å². The van der Waals surface area contributed by atoms with Crippen molar-refractivity contribution in [2.75, 3.05) is 0 Å². The molecule has 108 valence electrons. The minimum atomic E-state index is -0.177. The fraction of sp³-hybridized carbons (Fsp3) is 0.538. The van der Waals surface area contributed by atoms with Crippen molar-refractivity contribution in [3.05, 3.63) is 21.5 Å². The third-order valence-electron chi connectivity index (χ3n) is 3.04. The first kappa shape index (κ1) is 14.6. The highest BCUT2D eigenvalue weighted by Crippen LogP contribution is 2.14. The van der Waals surface area contributed by atoms with Crippen molar-refractivity contribution < 1.29 is 4.79 Å². The average Bonchev–Trinajstić information content (AvgIpc) is 2.74. The summed E-state index contributed by atoms with van der Waals surface area (Å²) in [5.74, 6) is 0.327. The molecule has 0 N–H and O–H groups in total. The van der Waals surface area contributed by atoms with Crippen LogP contribution < -0.4 is 5.69 Å². The largest absolute Gasteiger partial charge is 0.330 e. The maximum absolute atomic E-state index is 12.3. The standard InChI is InChI=1S/C13H18N4O2S/c1-8(2)5-17-11-10(12(20)15(4)13(17)19)16(7-14-11)6-9(3)18/h7-8H,5-6H2,1-4H3. The summed E-state index contributed by atoms with van der Waals surface area (Å²) in [5.41, 5.74) is 1.04. The van der Waals surface area contributed by atoms with E-state index >= 15 is 0 Å². The van der Waals surface area contributed by atoms with Gasteiger partial charge in [-0.15, -0.1) is 0 Å². The molecule has 2 rings (SSSR count). The maximum Gasteiger partial charge on any atom is 0.330 e. The normalized spacial score (nSPS) is 11.4. The van der Waals surface area contributed by atoms with Gasteiger partial charge in [0.15, 0.2) is 5.65 Å². The Labute approximate surface area is 121 Å². The SMILES string of the molecule is CC(=O)Cn1cnc2c1c(=S)n(C)c(=O)n2CC(C)C. The van der Waals surface area contributed by atoms with Crippen LogP contribution >= 0.6 is 12.2 Å². The second kappa shape index (κ2) is 5.32. The molecule has 2 aromatic rings. The van der Waals surface area contributed by atoms with E-state index in [0.29, 0.717) is 28.3 Å². The second-order valence-electron chi connectivity index (χ2n) is 5.40. The van der Waals surface area contributed by atoms with E-state index in [0.717, 1.165) is 0 Å². The van der Waals surface area contributed by atoms with Crippen LogP contribution in [0.2, 0.25) is 0 Å². The van der Waals surface area contributed by atoms with Gasteiger partial charge in [-0.3, -0.25) is 13.9 Å². The molecule has 0 saturated carbocycles. The predicted octanol–water partition coefficient (Wildman–Crippen LogP) is 1.51. The van der Waals surface area contributed by atoms with Crippen molar-refractivity contribution in [1.29, 1.82) is 0 Å². The Bertz CT molecular complexity index is 782. The first-order chi connectivity index (χ1) is 9.32. The van der Waals surface area contributed by atoms with Crippen LogP contribution in [0.25, 0.3) is 11.2 Å². The van der Waals surface area contributed by atoms with E-state index in [1.54, 1.807) is 22.5 Å². The number of hydrogen-bond donors (Lipinski definition) is 0. The Morgan fingerprint density at radius 2 is 2.10 bits per heavy atom. The zero-order chi connectivity index (χ0) is 15.0. The van der Waals surface area contributed by atoms with Crippen LogP contribution in [-0.2, 0) is 24.9 Å². The molecule has 0 saturated heterocycles. The number of Topliss-reactive ketones (excluding diaryl/α,β-unsaturated/α-hetero) is 1. The Hall–Kier alpha value is -1.76. The highest BCUT2D eigenvalue weighted by Gasteiger charge is 2.15. The highest BCUT2D eigenvalue weighted by molar-refractivity contribution is 7.71. The number of hydrogen-bond acceptors (Lipinski definition) is 4. The van der Waals surface area contributed by atoms with Crippen LogP contribution in [0.4, 0.5) is 0 Å². The summed E-state index contributed by atoms with van der Waals surface area (Å²) in [6, 6.07) is 0. The maximum atomic E-state index is 12.3. The lowest BCUT2D eigenvalue weighted by Gasteiger charge is -2.12. The van der Waals surface area contributed by atoms with Gasteiger partial charge in [0.1, 0.15) is 15.9 Å². The van der Waals surface area contributed by atoms with Crippen LogP contribution in [0.3, 0.4) is 0 Å². The molecule has 0 unspecified atom stereocenters. The summed E-state index contributed by atoms with van der Waals surface area (Å²) in [7, 11) is 1.64. The molecule has 0 aliphatic rings. The predicted molar refractivity (Wildman–Crippen MR) is 79.3 cm³/mol. The van der Waals surface area contributed by atoms with Crippen molar-refractivity contribution in [2.24, 2.45) is 13.0 Å². The number of ketones is 1. The minimum absolute atomic E-state index is 0.0166. The van der Waals surface area contributed by atoms with Gasteiger partial charge in [-0.05, 0) is 12.8 Å². The Kier molecular flexibility index (Phi) is 3.89. The first-order valence-electron chi connectivity index (χ1n) is 6.47. The number of carbonyl (C=O) groups is 1. The number of rotatable bonds is 4. The van der Waals surface area contributed by atoms with Crippen molar-refractivity contribution in [1.82, 2.24) is 18.7 Å². The van der Waals surface area contributed by atoms with E-state index in [-0.39, 0.29) is 18.0 Å². The van der Waals surface area contributed by atoms with E-state index < -0.39 is 0 Å². The molecule has 0 spiro atoms.